The molecule has 2 N–H and O–H groups in total. The minimum absolute atomic E-state index is 0.0128. The molecule has 0 saturated carbocycles. The first-order chi connectivity index (χ1) is 11.0. The number of carboxylic acids is 1. The van der Waals surface area contributed by atoms with Crippen LogP contribution in [-0.4, -0.2) is 31.7 Å². The van der Waals surface area contributed by atoms with Crippen molar-refractivity contribution in [3.05, 3.63) is 39.8 Å². The van der Waals surface area contributed by atoms with Gasteiger partial charge in [-0.25, -0.2) is 9.78 Å². The van der Waals surface area contributed by atoms with Crippen molar-refractivity contribution < 1.29 is 14.7 Å². The zero-order valence-electron chi connectivity index (χ0n) is 12.2. The van der Waals surface area contributed by atoms with Crippen molar-refractivity contribution in [3.63, 3.8) is 0 Å². The maximum absolute atomic E-state index is 12.3. The molecule has 0 spiro atoms. The van der Waals surface area contributed by atoms with Crippen LogP contribution in [0.25, 0.3) is 10.6 Å². The average Bonchev–Trinajstić information content (AvgIpc) is 3.18. The number of aromatic nitrogens is 3. The van der Waals surface area contributed by atoms with Crippen molar-refractivity contribution in [2.75, 3.05) is 5.32 Å². The highest BCUT2D eigenvalue weighted by Crippen LogP contribution is 2.30. The molecule has 0 aliphatic heterocycles. The van der Waals surface area contributed by atoms with Gasteiger partial charge in [0.15, 0.2) is 5.13 Å². The number of aromatic carboxylic acids is 1. The number of carbonyl (C=O) groups excluding carboxylic acids is 1. The minimum atomic E-state index is -1.20. The van der Waals surface area contributed by atoms with E-state index in [4.69, 9.17) is 5.11 Å². The van der Waals surface area contributed by atoms with E-state index in [2.05, 4.69) is 15.4 Å². The van der Waals surface area contributed by atoms with Gasteiger partial charge in [-0.3, -0.25) is 14.8 Å². The highest BCUT2D eigenvalue weighted by molar-refractivity contribution is 7.17. The predicted octanol–water partition coefficient (Wildman–Crippen LogP) is 2.86. The standard InChI is InChI=1S/C14H12N4O3S2/c1-7-3-4-10(23-7)9-6-22-14(16-9)17-12(19)11-8(13(20)21)5-15-18(11)2/h3-6H,1-2H3,(H,20,21)(H,16,17,19). The summed E-state index contributed by atoms with van der Waals surface area (Å²) in [7, 11) is 1.52. The summed E-state index contributed by atoms with van der Waals surface area (Å²) in [4.78, 5) is 30.0. The summed E-state index contributed by atoms with van der Waals surface area (Å²) >= 11 is 2.91. The molecule has 0 fully saturated rings. The van der Waals surface area contributed by atoms with Crippen molar-refractivity contribution in [1.29, 1.82) is 0 Å². The lowest BCUT2D eigenvalue weighted by atomic mass is 10.2. The Labute approximate surface area is 139 Å². The van der Waals surface area contributed by atoms with Crippen LogP contribution in [-0.2, 0) is 7.05 Å². The Morgan fingerprint density at radius 1 is 1.35 bits per heavy atom. The van der Waals surface area contributed by atoms with Crippen LogP contribution in [0.5, 0.6) is 0 Å². The Balaban J connectivity index is 1.83. The fraction of sp³-hybridized carbons (Fsp3) is 0.143. The first kappa shape index (κ1) is 15.4. The second-order valence-electron chi connectivity index (χ2n) is 4.74. The smallest absolute Gasteiger partial charge is 0.339 e. The SMILES string of the molecule is Cc1ccc(-c2csc(NC(=O)c3c(C(=O)O)cnn3C)n2)s1. The summed E-state index contributed by atoms with van der Waals surface area (Å²) in [6.45, 7) is 2.01. The molecule has 3 heterocycles. The quantitative estimate of drug-likeness (QED) is 0.755. The molecule has 3 aromatic heterocycles. The third-order valence-corrected chi connectivity index (χ3v) is 4.88. The van der Waals surface area contributed by atoms with E-state index in [9.17, 15) is 9.59 Å². The fourth-order valence-corrected chi connectivity index (χ4v) is 3.64. The second-order valence-corrected chi connectivity index (χ2v) is 6.88. The summed E-state index contributed by atoms with van der Waals surface area (Å²) in [5.74, 6) is -1.75. The van der Waals surface area contributed by atoms with E-state index in [1.807, 2.05) is 24.4 Å². The Bertz CT molecular complexity index is 894. The summed E-state index contributed by atoms with van der Waals surface area (Å²) in [5, 5.41) is 17.8. The molecular formula is C14H12N4O3S2. The van der Waals surface area contributed by atoms with Gasteiger partial charge >= 0.3 is 5.97 Å². The number of anilines is 1. The van der Waals surface area contributed by atoms with Crippen molar-refractivity contribution >= 4 is 39.7 Å². The van der Waals surface area contributed by atoms with Gasteiger partial charge in [0.2, 0.25) is 0 Å². The van der Waals surface area contributed by atoms with E-state index >= 15 is 0 Å². The van der Waals surface area contributed by atoms with E-state index in [1.54, 1.807) is 11.3 Å². The molecule has 0 aromatic carbocycles. The van der Waals surface area contributed by atoms with Crippen LogP contribution < -0.4 is 5.32 Å². The van der Waals surface area contributed by atoms with Gasteiger partial charge in [0.05, 0.1) is 16.8 Å². The Kier molecular flexibility index (Phi) is 3.97. The third-order valence-electron chi connectivity index (χ3n) is 3.10. The van der Waals surface area contributed by atoms with Gasteiger partial charge in [-0.1, -0.05) is 0 Å². The lowest BCUT2D eigenvalue weighted by Gasteiger charge is -2.03. The number of hydrogen-bond donors (Lipinski definition) is 2. The molecule has 118 valence electrons. The monoisotopic (exact) mass is 348 g/mol. The number of carboxylic acid groups (broad SMARTS) is 1. The van der Waals surface area contributed by atoms with Crippen LogP contribution in [0, 0.1) is 6.92 Å². The van der Waals surface area contributed by atoms with E-state index in [0.717, 1.165) is 16.8 Å². The first-order valence-electron chi connectivity index (χ1n) is 6.54. The van der Waals surface area contributed by atoms with Crippen LogP contribution >= 0.6 is 22.7 Å². The van der Waals surface area contributed by atoms with E-state index in [0.29, 0.717) is 5.13 Å². The molecule has 0 bridgehead atoms. The highest BCUT2D eigenvalue weighted by atomic mass is 32.1. The third kappa shape index (κ3) is 3.01. The van der Waals surface area contributed by atoms with Crippen LogP contribution in [0.1, 0.15) is 25.7 Å². The zero-order valence-corrected chi connectivity index (χ0v) is 13.9. The van der Waals surface area contributed by atoms with Crippen LogP contribution in [0.3, 0.4) is 0 Å². The van der Waals surface area contributed by atoms with Crippen LogP contribution in [0.2, 0.25) is 0 Å². The summed E-state index contributed by atoms with van der Waals surface area (Å²) in [5.41, 5.74) is 0.628. The second kappa shape index (κ2) is 5.94. The van der Waals surface area contributed by atoms with Gasteiger partial charge in [0, 0.05) is 17.3 Å². The van der Waals surface area contributed by atoms with Gasteiger partial charge in [-0.05, 0) is 19.1 Å². The Morgan fingerprint density at radius 3 is 2.78 bits per heavy atom. The van der Waals surface area contributed by atoms with Gasteiger partial charge in [0.25, 0.3) is 5.91 Å². The topological polar surface area (TPSA) is 97.1 Å². The number of nitrogens with one attached hydrogen (secondary N) is 1. The highest BCUT2D eigenvalue weighted by Gasteiger charge is 2.22. The molecule has 0 aliphatic carbocycles. The molecule has 3 rings (SSSR count). The number of thiophene rings is 1. The fourth-order valence-electron chi connectivity index (χ4n) is 2.04. The summed E-state index contributed by atoms with van der Waals surface area (Å²) in [6.07, 6.45) is 1.15. The number of hydrogen-bond acceptors (Lipinski definition) is 6. The van der Waals surface area contributed by atoms with Crippen molar-refractivity contribution in [2.45, 2.75) is 6.92 Å². The Hall–Kier alpha value is -2.52. The zero-order chi connectivity index (χ0) is 16.6. The summed E-state index contributed by atoms with van der Waals surface area (Å²) in [6, 6.07) is 3.98. The van der Waals surface area contributed by atoms with Crippen LogP contribution in [0.4, 0.5) is 5.13 Å². The molecule has 23 heavy (non-hydrogen) atoms. The van der Waals surface area contributed by atoms with Gasteiger partial charge < -0.3 is 5.11 Å². The molecule has 3 aromatic rings. The largest absolute Gasteiger partial charge is 0.478 e. The van der Waals surface area contributed by atoms with Crippen molar-refractivity contribution in [1.82, 2.24) is 14.8 Å². The van der Waals surface area contributed by atoms with Crippen molar-refractivity contribution in [3.8, 4) is 10.6 Å². The van der Waals surface area contributed by atoms with E-state index in [-0.39, 0.29) is 11.3 Å². The maximum Gasteiger partial charge on any atom is 0.339 e. The Morgan fingerprint density at radius 2 is 2.13 bits per heavy atom. The predicted molar refractivity (Wildman–Crippen MR) is 88.3 cm³/mol. The van der Waals surface area contributed by atoms with Gasteiger partial charge in [-0.2, -0.15) is 5.10 Å². The van der Waals surface area contributed by atoms with Crippen molar-refractivity contribution in [2.24, 2.45) is 7.05 Å². The molecule has 9 heteroatoms. The average molecular weight is 348 g/mol. The van der Waals surface area contributed by atoms with E-state index in [1.165, 1.54) is 27.9 Å². The maximum atomic E-state index is 12.3. The molecular weight excluding hydrogens is 336 g/mol. The molecule has 0 radical (unpaired) electrons. The molecule has 0 saturated heterocycles. The number of nitrogens with zero attached hydrogens (tertiary/aromatic N) is 3. The van der Waals surface area contributed by atoms with Gasteiger partial charge in [-0.15, -0.1) is 22.7 Å². The van der Waals surface area contributed by atoms with E-state index < -0.39 is 11.9 Å². The molecule has 0 atom stereocenters. The lowest BCUT2D eigenvalue weighted by Crippen LogP contribution is -2.19. The number of amides is 1. The molecule has 1 amide bonds. The van der Waals surface area contributed by atoms with Gasteiger partial charge in [0.1, 0.15) is 11.3 Å². The van der Waals surface area contributed by atoms with Crippen LogP contribution in [0.15, 0.2) is 23.7 Å². The number of rotatable bonds is 4. The normalized spacial score (nSPS) is 10.7. The number of thiazole rings is 1. The molecule has 0 unspecified atom stereocenters. The minimum Gasteiger partial charge on any atom is -0.478 e. The molecule has 0 aliphatic rings. The number of aryl methyl sites for hydroxylation is 2. The molecule has 7 nitrogen and oxygen atoms in total. The number of carbonyl (C=O) groups is 2. The lowest BCUT2D eigenvalue weighted by molar-refractivity contribution is 0.0692. The first-order valence-corrected chi connectivity index (χ1v) is 8.24. The summed E-state index contributed by atoms with van der Waals surface area (Å²) < 4.78 is 1.23.